The third-order valence-corrected chi connectivity index (χ3v) is 3.12. The first kappa shape index (κ1) is 10.9. The normalized spacial score (nSPS) is 9.92. The molecule has 1 N–H and O–H groups in total. The van der Waals surface area contributed by atoms with E-state index in [2.05, 4.69) is 30.1 Å². The number of benzene rings is 1. The Bertz CT molecular complexity index is 458. The molecule has 0 aliphatic heterocycles. The first-order chi connectivity index (χ1) is 5.81. The second-order valence-electron chi connectivity index (χ2n) is 2.66. The molecule has 2 aromatic rings. The Balaban J connectivity index is 0.000000845. The molecule has 2 rings (SSSR count). The molecule has 1 aromatic heterocycles. The van der Waals surface area contributed by atoms with E-state index < -0.39 is 0 Å². The molecule has 1 radical (unpaired) electrons. The number of H-pyrrole nitrogens is 1. The summed E-state index contributed by atoms with van der Waals surface area (Å²) in [7, 11) is 0. The average Bonchev–Trinajstić information content (AvgIpc) is 2.44. The molecule has 1 aromatic carbocycles. The van der Waals surface area contributed by atoms with Gasteiger partial charge in [0.15, 0.2) is 3.95 Å². The van der Waals surface area contributed by atoms with Gasteiger partial charge in [-0.1, -0.05) is 19.1 Å². The predicted molar refractivity (Wildman–Crippen MR) is 56.4 cm³/mol. The molecule has 0 bridgehead atoms. The van der Waals surface area contributed by atoms with Gasteiger partial charge >= 0.3 is 0 Å². The van der Waals surface area contributed by atoms with Crippen molar-refractivity contribution < 1.29 is 17.1 Å². The first-order valence-electron chi connectivity index (χ1n) is 3.92. The number of aryl methyl sites for hydroxylation is 1. The fourth-order valence-corrected chi connectivity index (χ4v) is 2.48. The van der Waals surface area contributed by atoms with Crippen LogP contribution in [0.3, 0.4) is 0 Å². The molecule has 4 heteroatoms. The van der Waals surface area contributed by atoms with Crippen LogP contribution in [0.4, 0.5) is 0 Å². The van der Waals surface area contributed by atoms with E-state index in [1.54, 1.807) is 11.3 Å². The number of hydrogen-bond donors (Lipinski definition) is 1. The zero-order valence-electron chi connectivity index (χ0n) is 7.06. The van der Waals surface area contributed by atoms with Crippen LogP contribution in [-0.2, 0) is 23.5 Å². The van der Waals surface area contributed by atoms with Gasteiger partial charge in [0.2, 0.25) is 0 Å². The van der Waals surface area contributed by atoms with E-state index in [0.717, 1.165) is 10.4 Å². The maximum Gasteiger partial charge on any atom is 0.159 e. The molecular weight excluding hydrogens is 250 g/mol. The number of nitrogens with one attached hydrogen (secondary N) is 1. The Morgan fingerprint density at radius 3 is 2.92 bits per heavy atom. The van der Waals surface area contributed by atoms with Crippen LogP contribution < -0.4 is 0 Å². The average molecular weight is 259 g/mol. The zero-order chi connectivity index (χ0) is 8.55. The van der Waals surface area contributed by atoms with Crippen LogP contribution in [-0.4, -0.2) is 4.98 Å². The molecular formula is C9H9CuNS2. The standard InChI is InChI=1S/C9H9NS2.Cu/c1-2-6-4-3-5-7-8(6)10-9(11)12-7;/h3-5H,2H2,1H3,(H,10,11);. The van der Waals surface area contributed by atoms with Crippen LogP contribution in [0.1, 0.15) is 12.5 Å². The summed E-state index contributed by atoms with van der Waals surface area (Å²) in [5.74, 6) is 0. The van der Waals surface area contributed by atoms with Gasteiger partial charge in [0.05, 0.1) is 10.2 Å². The van der Waals surface area contributed by atoms with Crippen LogP contribution in [0.15, 0.2) is 18.2 Å². The van der Waals surface area contributed by atoms with Crippen LogP contribution in [0.2, 0.25) is 0 Å². The SMILES string of the molecule is CCc1cccc2sc(=S)[nH]c12.[Cu]. The molecule has 0 atom stereocenters. The van der Waals surface area contributed by atoms with Gasteiger partial charge in [0.25, 0.3) is 0 Å². The van der Waals surface area contributed by atoms with Gasteiger partial charge in [-0.15, -0.1) is 11.3 Å². The third kappa shape index (κ3) is 2.02. The van der Waals surface area contributed by atoms with Gasteiger partial charge in [-0.2, -0.15) is 0 Å². The summed E-state index contributed by atoms with van der Waals surface area (Å²) >= 11 is 6.72. The van der Waals surface area contributed by atoms with E-state index in [1.807, 2.05) is 0 Å². The van der Waals surface area contributed by atoms with Crippen molar-refractivity contribution in [3.63, 3.8) is 0 Å². The first-order valence-corrected chi connectivity index (χ1v) is 5.14. The molecule has 13 heavy (non-hydrogen) atoms. The fraction of sp³-hybridized carbons (Fsp3) is 0.222. The minimum Gasteiger partial charge on any atom is -0.337 e. The minimum atomic E-state index is 0. The molecule has 73 valence electrons. The zero-order valence-corrected chi connectivity index (χ0v) is 9.63. The van der Waals surface area contributed by atoms with Gasteiger partial charge in [0, 0.05) is 17.1 Å². The van der Waals surface area contributed by atoms with Crippen molar-refractivity contribution in [1.82, 2.24) is 4.98 Å². The number of hydrogen-bond acceptors (Lipinski definition) is 2. The summed E-state index contributed by atoms with van der Waals surface area (Å²) in [6.45, 7) is 2.16. The van der Waals surface area contributed by atoms with Gasteiger partial charge in [-0.3, -0.25) is 0 Å². The Hall–Kier alpha value is -0.151. The summed E-state index contributed by atoms with van der Waals surface area (Å²) < 4.78 is 2.13. The Morgan fingerprint density at radius 1 is 1.46 bits per heavy atom. The molecule has 0 aliphatic carbocycles. The van der Waals surface area contributed by atoms with Crippen LogP contribution in [0, 0.1) is 3.95 Å². The smallest absolute Gasteiger partial charge is 0.159 e. The molecule has 0 saturated carbocycles. The van der Waals surface area contributed by atoms with Crippen molar-refractivity contribution in [2.75, 3.05) is 0 Å². The van der Waals surface area contributed by atoms with E-state index in [9.17, 15) is 0 Å². The van der Waals surface area contributed by atoms with E-state index >= 15 is 0 Å². The van der Waals surface area contributed by atoms with Crippen LogP contribution in [0.25, 0.3) is 10.2 Å². The maximum atomic E-state index is 5.08. The number of aromatic nitrogens is 1. The summed E-state index contributed by atoms with van der Waals surface area (Å²) in [6, 6.07) is 6.33. The largest absolute Gasteiger partial charge is 0.337 e. The Kier molecular flexibility index (Phi) is 3.68. The number of thiazole rings is 1. The molecule has 1 heterocycles. The number of fused-ring (bicyclic) bond motifs is 1. The molecule has 0 unspecified atom stereocenters. The van der Waals surface area contributed by atoms with E-state index in [0.29, 0.717) is 0 Å². The van der Waals surface area contributed by atoms with Crippen molar-refractivity contribution in [3.05, 3.63) is 27.7 Å². The number of para-hydroxylation sites is 1. The van der Waals surface area contributed by atoms with E-state index in [1.165, 1.54) is 15.8 Å². The minimum absolute atomic E-state index is 0. The summed E-state index contributed by atoms with van der Waals surface area (Å²) in [6.07, 6.45) is 1.05. The summed E-state index contributed by atoms with van der Waals surface area (Å²) in [5, 5.41) is 0. The second kappa shape index (κ2) is 4.38. The Labute approximate surface area is 96.7 Å². The van der Waals surface area contributed by atoms with E-state index in [-0.39, 0.29) is 17.1 Å². The predicted octanol–water partition coefficient (Wildman–Crippen LogP) is 3.52. The van der Waals surface area contributed by atoms with Crippen LogP contribution in [0.5, 0.6) is 0 Å². The van der Waals surface area contributed by atoms with E-state index in [4.69, 9.17) is 12.2 Å². The topological polar surface area (TPSA) is 15.8 Å². The number of aromatic amines is 1. The Morgan fingerprint density at radius 2 is 2.23 bits per heavy atom. The van der Waals surface area contributed by atoms with Gasteiger partial charge in [-0.25, -0.2) is 0 Å². The van der Waals surface area contributed by atoms with Gasteiger partial charge in [-0.05, 0) is 30.3 Å². The van der Waals surface area contributed by atoms with Crippen molar-refractivity contribution in [2.24, 2.45) is 0 Å². The quantitative estimate of drug-likeness (QED) is 0.611. The molecule has 0 aliphatic rings. The van der Waals surface area contributed by atoms with Gasteiger partial charge < -0.3 is 4.98 Å². The summed E-state index contributed by atoms with van der Waals surface area (Å²) in [4.78, 5) is 3.21. The molecule has 1 nitrogen and oxygen atoms in total. The van der Waals surface area contributed by atoms with Gasteiger partial charge in [0.1, 0.15) is 0 Å². The second-order valence-corrected chi connectivity index (χ2v) is 4.38. The molecule has 0 saturated heterocycles. The third-order valence-electron chi connectivity index (χ3n) is 1.92. The van der Waals surface area contributed by atoms with Crippen molar-refractivity contribution in [1.29, 1.82) is 0 Å². The number of rotatable bonds is 1. The van der Waals surface area contributed by atoms with Crippen molar-refractivity contribution in [3.8, 4) is 0 Å². The fourth-order valence-electron chi connectivity index (χ4n) is 1.33. The molecule has 0 spiro atoms. The van der Waals surface area contributed by atoms with Crippen LogP contribution >= 0.6 is 23.6 Å². The maximum absolute atomic E-state index is 5.08. The molecule has 0 amide bonds. The monoisotopic (exact) mass is 258 g/mol. The molecule has 0 fully saturated rings. The van der Waals surface area contributed by atoms with Crippen molar-refractivity contribution in [2.45, 2.75) is 13.3 Å². The summed E-state index contributed by atoms with van der Waals surface area (Å²) in [5.41, 5.74) is 2.56. The van der Waals surface area contributed by atoms with Crippen molar-refractivity contribution >= 4 is 33.8 Å².